The van der Waals surface area contributed by atoms with Gasteiger partial charge in [0.05, 0.1) is 0 Å². The van der Waals surface area contributed by atoms with Crippen molar-refractivity contribution in [1.82, 2.24) is 0 Å². The van der Waals surface area contributed by atoms with Gasteiger partial charge in [0.1, 0.15) is 6.16 Å². The number of rotatable bonds is 5. The van der Waals surface area contributed by atoms with Crippen LogP contribution in [0.5, 0.6) is 11.5 Å². The number of Topliss-reactive ketones (excluding diaryl/α,β-unsaturated/α-hetero) is 1. The molecule has 1 aliphatic heterocycles. The molecule has 1 aromatic carbocycles. The van der Waals surface area contributed by atoms with Crippen molar-refractivity contribution in [3.05, 3.63) is 24.3 Å². The lowest BCUT2D eigenvalue weighted by molar-refractivity contribution is -0.132. The van der Waals surface area contributed by atoms with Crippen LogP contribution in [0.15, 0.2) is 24.3 Å². The molecular formula is C11H13O6P. The van der Waals surface area contributed by atoms with E-state index in [0.29, 0.717) is 11.5 Å². The van der Waals surface area contributed by atoms with E-state index in [4.69, 9.17) is 18.5 Å². The molecule has 0 spiro atoms. The Morgan fingerprint density at radius 1 is 1.22 bits per heavy atom. The van der Waals surface area contributed by atoms with Gasteiger partial charge in [0.15, 0.2) is 11.5 Å². The first-order chi connectivity index (χ1) is 8.58. The first-order valence-corrected chi connectivity index (χ1v) is 6.96. The summed E-state index contributed by atoms with van der Waals surface area (Å²) in [6.07, 6.45) is -1.49. The number of benzene rings is 1. The van der Waals surface area contributed by atoms with Crippen LogP contribution in [0.1, 0.15) is 0 Å². The van der Waals surface area contributed by atoms with Crippen LogP contribution in [0.2, 0.25) is 0 Å². The third-order valence-electron chi connectivity index (χ3n) is 2.49. The van der Waals surface area contributed by atoms with Crippen molar-refractivity contribution in [3.63, 3.8) is 0 Å². The number of ketones is 1. The summed E-state index contributed by atoms with van der Waals surface area (Å²) in [7, 11) is -0.945. The van der Waals surface area contributed by atoms with Gasteiger partial charge in [-0.1, -0.05) is 12.1 Å². The second-order valence-corrected chi connectivity index (χ2v) is 5.88. The first kappa shape index (κ1) is 13.1. The summed E-state index contributed by atoms with van der Waals surface area (Å²) in [5, 5.41) is 0. The van der Waals surface area contributed by atoms with Crippen LogP contribution >= 0.6 is 7.60 Å². The fourth-order valence-electron chi connectivity index (χ4n) is 1.50. The molecule has 98 valence electrons. The summed E-state index contributed by atoms with van der Waals surface area (Å²) in [4.78, 5) is 11.9. The van der Waals surface area contributed by atoms with Crippen molar-refractivity contribution in [2.45, 2.75) is 6.29 Å². The molecule has 2 rings (SSSR count). The zero-order valence-corrected chi connectivity index (χ0v) is 10.9. The summed E-state index contributed by atoms with van der Waals surface area (Å²) in [6, 6.07) is 6.91. The maximum absolute atomic E-state index is 11.9. The number of carbonyl (C=O) groups is 1. The SMILES string of the molecule is COP(=O)(CC(=O)C1Oc2ccccc2O1)OC. The van der Waals surface area contributed by atoms with Crippen molar-refractivity contribution in [2.75, 3.05) is 20.4 Å². The molecule has 0 aromatic heterocycles. The topological polar surface area (TPSA) is 71.1 Å². The van der Waals surface area contributed by atoms with Gasteiger partial charge in [-0.2, -0.15) is 0 Å². The second-order valence-electron chi connectivity index (χ2n) is 3.61. The van der Waals surface area contributed by atoms with Crippen molar-refractivity contribution >= 4 is 13.4 Å². The third-order valence-corrected chi connectivity index (χ3v) is 4.30. The molecule has 7 heteroatoms. The molecule has 1 heterocycles. The van der Waals surface area contributed by atoms with Crippen LogP contribution in [0.25, 0.3) is 0 Å². The van der Waals surface area contributed by atoms with Gasteiger partial charge in [0.25, 0.3) is 0 Å². The summed E-state index contributed by atoms with van der Waals surface area (Å²) >= 11 is 0. The van der Waals surface area contributed by atoms with Gasteiger partial charge in [0.2, 0.25) is 5.78 Å². The number of hydrogen-bond acceptors (Lipinski definition) is 6. The summed E-state index contributed by atoms with van der Waals surface area (Å²) in [5.41, 5.74) is 0. The maximum atomic E-state index is 11.9. The lowest BCUT2D eigenvalue weighted by Crippen LogP contribution is -2.31. The molecule has 18 heavy (non-hydrogen) atoms. The molecule has 0 amide bonds. The van der Waals surface area contributed by atoms with Gasteiger partial charge in [-0.05, 0) is 12.1 Å². The lowest BCUT2D eigenvalue weighted by Gasteiger charge is -2.14. The van der Waals surface area contributed by atoms with Gasteiger partial charge < -0.3 is 18.5 Å². The fourth-order valence-corrected chi connectivity index (χ4v) is 2.44. The third kappa shape index (κ3) is 2.56. The van der Waals surface area contributed by atoms with Gasteiger partial charge in [-0.3, -0.25) is 9.36 Å². The minimum Gasteiger partial charge on any atom is -0.444 e. The largest absolute Gasteiger partial charge is 0.444 e. The Morgan fingerprint density at radius 2 is 1.72 bits per heavy atom. The van der Waals surface area contributed by atoms with Crippen molar-refractivity contribution < 1.29 is 27.9 Å². The van der Waals surface area contributed by atoms with E-state index in [0.717, 1.165) is 0 Å². The average Bonchev–Trinajstić information content (AvgIpc) is 2.82. The zero-order valence-electron chi connectivity index (χ0n) is 9.99. The van der Waals surface area contributed by atoms with Crippen LogP contribution in [0.4, 0.5) is 0 Å². The molecule has 0 saturated heterocycles. The summed E-state index contributed by atoms with van der Waals surface area (Å²) < 4.78 is 31.8. The van der Waals surface area contributed by atoms with Crippen LogP contribution in [0.3, 0.4) is 0 Å². The molecule has 0 saturated carbocycles. The predicted octanol–water partition coefficient (Wildman–Crippen LogP) is 1.84. The number of carbonyl (C=O) groups excluding carboxylic acids is 1. The van der Waals surface area contributed by atoms with E-state index in [1.807, 2.05) is 0 Å². The fraction of sp³-hybridized carbons (Fsp3) is 0.364. The van der Waals surface area contributed by atoms with Crippen molar-refractivity contribution in [3.8, 4) is 11.5 Å². The quantitative estimate of drug-likeness (QED) is 0.762. The van der Waals surface area contributed by atoms with E-state index in [1.54, 1.807) is 24.3 Å². The summed E-state index contributed by atoms with van der Waals surface area (Å²) in [6.45, 7) is 0. The number of para-hydroxylation sites is 2. The normalized spacial score (nSPS) is 14.8. The molecule has 0 bridgehead atoms. The highest BCUT2D eigenvalue weighted by Crippen LogP contribution is 2.47. The maximum Gasteiger partial charge on any atom is 0.337 e. The van der Waals surface area contributed by atoms with E-state index in [9.17, 15) is 9.36 Å². The second kappa shape index (κ2) is 5.10. The van der Waals surface area contributed by atoms with Crippen LogP contribution in [-0.4, -0.2) is 32.5 Å². The van der Waals surface area contributed by atoms with Crippen LogP contribution in [-0.2, 0) is 18.4 Å². The molecular weight excluding hydrogens is 259 g/mol. The Hall–Kier alpha value is -1.36. The Kier molecular flexibility index (Phi) is 3.71. The number of hydrogen-bond donors (Lipinski definition) is 0. The minimum absolute atomic E-state index is 0.390. The van der Waals surface area contributed by atoms with E-state index < -0.39 is 25.8 Å². The van der Waals surface area contributed by atoms with E-state index in [-0.39, 0.29) is 0 Å². The first-order valence-electron chi connectivity index (χ1n) is 5.23. The van der Waals surface area contributed by atoms with E-state index >= 15 is 0 Å². The average molecular weight is 272 g/mol. The van der Waals surface area contributed by atoms with Crippen molar-refractivity contribution in [1.29, 1.82) is 0 Å². The zero-order chi connectivity index (χ0) is 13.2. The van der Waals surface area contributed by atoms with Gasteiger partial charge in [0, 0.05) is 14.2 Å². The lowest BCUT2D eigenvalue weighted by atomic mass is 10.3. The molecule has 0 unspecified atom stereocenters. The summed E-state index contributed by atoms with van der Waals surface area (Å²) in [5.74, 6) is 0.485. The molecule has 0 radical (unpaired) electrons. The van der Waals surface area contributed by atoms with Gasteiger partial charge in [-0.25, -0.2) is 0 Å². The van der Waals surface area contributed by atoms with Gasteiger partial charge in [-0.15, -0.1) is 0 Å². The van der Waals surface area contributed by atoms with Crippen LogP contribution < -0.4 is 9.47 Å². The smallest absolute Gasteiger partial charge is 0.337 e. The minimum atomic E-state index is -3.39. The molecule has 0 atom stereocenters. The Labute approximate surface area is 104 Å². The molecule has 0 aliphatic carbocycles. The van der Waals surface area contributed by atoms with E-state index in [2.05, 4.69) is 0 Å². The highest BCUT2D eigenvalue weighted by molar-refractivity contribution is 7.54. The van der Waals surface area contributed by atoms with Gasteiger partial charge >= 0.3 is 13.9 Å². The van der Waals surface area contributed by atoms with E-state index in [1.165, 1.54) is 14.2 Å². The predicted molar refractivity (Wildman–Crippen MR) is 63.0 cm³/mol. The standard InChI is InChI=1S/C11H13O6P/c1-14-18(13,15-2)7-8(12)11-16-9-5-3-4-6-10(9)17-11/h3-6,11H,7H2,1-2H3. The van der Waals surface area contributed by atoms with Crippen LogP contribution in [0, 0.1) is 0 Å². The molecule has 0 N–H and O–H groups in total. The Bertz CT molecular complexity index is 467. The molecule has 1 aliphatic rings. The monoisotopic (exact) mass is 272 g/mol. The Balaban J connectivity index is 2.04. The highest BCUT2D eigenvalue weighted by Gasteiger charge is 2.36. The highest BCUT2D eigenvalue weighted by atomic mass is 31.2. The Morgan fingerprint density at radius 3 is 2.17 bits per heavy atom. The van der Waals surface area contributed by atoms with Crippen molar-refractivity contribution in [2.24, 2.45) is 0 Å². The molecule has 1 aromatic rings. The number of ether oxygens (including phenoxy) is 2. The molecule has 0 fully saturated rings. The molecule has 6 nitrogen and oxygen atoms in total. The number of fused-ring (bicyclic) bond motifs is 1.